The van der Waals surface area contributed by atoms with E-state index in [0.717, 1.165) is 22.5 Å². The third-order valence-electron chi connectivity index (χ3n) is 4.27. The van der Waals surface area contributed by atoms with Crippen LogP contribution in [0.2, 0.25) is 0 Å². The average molecular weight is 328 g/mol. The lowest BCUT2D eigenvalue weighted by atomic mass is 9.84. The summed E-state index contributed by atoms with van der Waals surface area (Å²) in [7, 11) is 0. The summed E-state index contributed by atoms with van der Waals surface area (Å²) >= 11 is 5.77. The summed E-state index contributed by atoms with van der Waals surface area (Å²) in [5.41, 5.74) is 2.50. The molecular weight excluding hydrogens is 312 g/mol. The average Bonchev–Trinajstić information content (AvgIpc) is 3.02. The molecule has 1 aliphatic rings. The molecule has 0 aromatic heterocycles. The van der Waals surface area contributed by atoms with E-state index in [1.807, 2.05) is 66.7 Å². The standard InChI is InChI=1S/C21H16N2S/c24-20-21(17-12-6-2-7-13-17,18-14-8-3-9-15-18)23-19(22-20)16-10-4-1-5-11-16/h1-15H,(H,22,23,24). The molecule has 3 heteroatoms. The minimum atomic E-state index is -0.678. The van der Waals surface area contributed by atoms with Gasteiger partial charge in [-0.2, -0.15) is 0 Å². The summed E-state index contributed by atoms with van der Waals surface area (Å²) in [5.74, 6) is 0.813. The molecule has 0 aliphatic carbocycles. The molecule has 1 aliphatic heterocycles. The second-order valence-corrected chi connectivity index (χ2v) is 6.13. The third kappa shape index (κ3) is 2.34. The lowest BCUT2D eigenvalue weighted by molar-refractivity contribution is 0.754. The van der Waals surface area contributed by atoms with Gasteiger partial charge < -0.3 is 5.32 Å². The number of nitrogens with zero attached hydrogens (tertiary/aromatic N) is 1. The molecule has 3 aromatic rings. The summed E-state index contributed by atoms with van der Waals surface area (Å²) in [6.07, 6.45) is 0. The molecule has 4 rings (SSSR count). The highest BCUT2D eigenvalue weighted by atomic mass is 32.1. The lowest BCUT2D eigenvalue weighted by Gasteiger charge is -2.26. The number of nitrogens with one attached hydrogen (secondary N) is 1. The Bertz CT molecular complexity index is 847. The monoisotopic (exact) mass is 328 g/mol. The van der Waals surface area contributed by atoms with Crippen molar-refractivity contribution in [2.75, 3.05) is 0 Å². The first-order chi connectivity index (χ1) is 11.8. The van der Waals surface area contributed by atoms with Gasteiger partial charge in [0.1, 0.15) is 10.8 Å². The molecule has 0 spiro atoms. The SMILES string of the molecule is S=C1NC(c2ccccc2)=NC1(c1ccccc1)c1ccccc1. The van der Waals surface area contributed by atoms with E-state index in [1.165, 1.54) is 0 Å². The molecule has 3 aromatic carbocycles. The van der Waals surface area contributed by atoms with Crippen LogP contribution in [0.3, 0.4) is 0 Å². The van der Waals surface area contributed by atoms with E-state index >= 15 is 0 Å². The maximum absolute atomic E-state index is 5.77. The van der Waals surface area contributed by atoms with E-state index < -0.39 is 5.54 Å². The molecule has 0 amide bonds. The van der Waals surface area contributed by atoms with Gasteiger partial charge in [0.2, 0.25) is 0 Å². The van der Waals surface area contributed by atoms with Gasteiger partial charge in [0.25, 0.3) is 0 Å². The third-order valence-corrected chi connectivity index (χ3v) is 4.67. The number of rotatable bonds is 3. The fourth-order valence-corrected chi connectivity index (χ4v) is 3.47. The zero-order valence-corrected chi connectivity index (χ0v) is 13.8. The fourth-order valence-electron chi connectivity index (χ4n) is 3.09. The van der Waals surface area contributed by atoms with Crippen molar-refractivity contribution in [3.05, 3.63) is 108 Å². The normalized spacial score (nSPS) is 15.7. The molecule has 116 valence electrons. The summed E-state index contributed by atoms with van der Waals surface area (Å²) in [6.45, 7) is 0. The van der Waals surface area contributed by atoms with E-state index in [1.54, 1.807) is 0 Å². The topological polar surface area (TPSA) is 24.4 Å². The van der Waals surface area contributed by atoms with Crippen LogP contribution in [0.1, 0.15) is 16.7 Å². The molecule has 0 saturated heterocycles. The highest BCUT2D eigenvalue weighted by molar-refractivity contribution is 7.80. The molecule has 0 atom stereocenters. The summed E-state index contributed by atoms with van der Waals surface area (Å²) in [6, 6.07) is 30.6. The minimum absolute atomic E-state index is 0.678. The van der Waals surface area contributed by atoms with Crippen molar-refractivity contribution in [1.82, 2.24) is 5.32 Å². The molecule has 0 radical (unpaired) electrons. The van der Waals surface area contributed by atoms with Crippen molar-refractivity contribution in [2.24, 2.45) is 4.99 Å². The van der Waals surface area contributed by atoms with Crippen molar-refractivity contribution in [3.8, 4) is 0 Å². The van der Waals surface area contributed by atoms with E-state index in [4.69, 9.17) is 17.2 Å². The van der Waals surface area contributed by atoms with Gasteiger partial charge in [-0.25, -0.2) is 4.99 Å². The van der Waals surface area contributed by atoms with Crippen LogP contribution in [0, 0.1) is 0 Å². The van der Waals surface area contributed by atoms with Crippen molar-refractivity contribution in [3.63, 3.8) is 0 Å². The second-order valence-electron chi connectivity index (χ2n) is 5.72. The van der Waals surface area contributed by atoms with Crippen molar-refractivity contribution < 1.29 is 0 Å². The quantitative estimate of drug-likeness (QED) is 0.725. The van der Waals surface area contributed by atoms with Crippen LogP contribution in [-0.4, -0.2) is 10.8 Å². The summed E-state index contributed by atoms with van der Waals surface area (Å²) in [5, 5.41) is 3.34. The van der Waals surface area contributed by atoms with Crippen LogP contribution in [0.4, 0.5) is 0 Å². The highest BCUT2D eigenvalue weighted by Gasteiger charge is 2.43. The minimum Gasteiger partial charge on any atom is -0.332 e. The van der Waals surface area contributed by atoms with E-state index in [0.29, 0.717) is 4.99 Å². The van der Waals surface area contributed by atoms with Gasteiger partial charge >= 0.3 is 0 Å². The Kier molecular flexibility index (Phi) is 3.71. The van der Waals surface area contributed by atoms with Crippen LogP contribution >= 0.6 is 12.2 Å². The first-order valence-corrected chi connectivity index (χ1v) is 8.29. The molecule has 2 nitrogen and oxygen atoms in total. The maximum Gasteiger partial charge on any atom is 0.163 e. The molecule has 1 N–H and O–H groups in total. The Morgan fingerprint density at radius 2 is 1.12 bits per heavy atom. The predicted octanol–water partition coefficient (Wildman–Crippen LogP) is 4.31. The molecule has 0 fully saturated rings. The number of thiocarbonyl (C=S) groups is 1. The van der Waals surface area contributed by atoms with Crippen LogP contribution in [0.5, 0.6) is 0 Å². The Balaban J connectivity index is 1.94. The molecule has 24 heavy (non-hydrogen) atoms. The van der Waals surface area contributed by atoms with Gasteiger partial charge in [-0.1, -0.05) is 103 Å². The largest absolute Gasteiger partial charge is 0.332 e. The second kappa shape index (κ2) is 6.02. The number of amidine groups is 1. The number of hydrogen-bond donors (Lipinski definition) is 1. The highest BCUT2D eigenvalue weighted by Crippen LogP contribution is 2.38. The van der Waals surface area contributed by atoms with Gasteiger partial charge in [0.15, 0.2) is 5.54 Å². The first kappa shape index (κ1) is 14.8. The van der Waals surface area contributed by atoms with Crippen molar-refractivity contribution >= 4 is 23.0 Å². The van der Waals surface area contributed by atoms with E-state index in [2.05, 4.69) is 29.6 Å². The Morgan fingerprint density at radius 3 is 1.62 bits per heavy atom. The zero-order valence-electron chi connectivity index (χ0n) is 13.0. The smallest absolute Gasteiger partial charge is 0.163 e. The zero-order chi connectivity index (χ0) is 16.4. The van der Waals surface area contributed by atoms with Gasteiger partial charge in [0.05, 0.1) is 0 Å². The maximum atomic E-state index is 5.77. The Morgan fingerprint density at radius 1 is 0.667 bits per heavy atom. The number of benzene rings is 3. The van der Waals surface area contributed by atoms with Crippen LogP contribution < -0.4 is 5.32 Å². The van der Waals surface area contributed by atoms with Gasteiger partial charge in [-0.05, 0) is 11.1 Å². The van der Waals surface area contributed by atoms with E-state index in [-0.39, 0.29) is 0 Å². The van der Waals surface area contributed by atoms with Gasteiger partial charge in [-0.3, -0.25) is 0 Å². The lowest BCUT2D eigenvalue weighted by Crippen LogP contribution is -2.37. The molecule has 1 heterocycles. The Labute approximate surface area is 146 Å². The molecular formula is C21H16N2S. The number of aliphatic imine (C=N–C) groups is 1. The Hall–Kier alpha value is -2.78. The fraction of sp³-hybridized carbons (Fsp3) is 0.0476. The molecule has 0 saturated carbocycles. The first-order valence-electron chi connectivity index (χ1n) is 7.88. The van der Waals surface area contributed by atoms with Crippen molar-refractivity contribution in [2.45, 2.75) is 5.54 Å². The van der Waals surface area contributed by atoms with Crippen LogP contribution in [0.15, 0.2) is 96.0 Å². The van der Waals surface area contributed by atoms with Crippen molar-refractivity contribution in [1.29, 1.82) is 0 Å². The molecule has 0 bridgehead atoms. The summed E-state index contributed by atoms with van der Waals surface area (Å²) in [4.78, 5) is 5.78. The molecule has 0 unspecified atom stereocenters. The number of hydrogen-bond acceptors (Lipinski definition) is 2. The predicted molar refractivity (Wildman–Crippen MR) is 102 cm³/mol. The summed E-state index contributed by atoms with van der Waals surface area (Å²) < 4.78 is 0. The van der Waals surface area contributed by atoms with Crippen LogP contribution in [0.25, 0.3) is 0 Å². The van der Waals surface area contributed by atoms with Gasteiger partial charge in [-0.15, -0.1) is 0 Å². The van der Waals surface area contributed by atoms with Crippen LogP contribution in [-0.2, 0) is 5.54 Å². The van der Waals surface area contributed by atoms with E-state index in [9.17, 15) is 0 Å². The van der Waals surface area contributed by atoms with Gasteiger partial charge in [0, 0.05) is 5.56 Å².